The molecule has 8 nitrogen and oxygen atoms in total. The van der Waals surface area contributed by atoms with E-state index in [0.717, 1.165) is 19.3 Å². The molecule has 0 spiro atoms. The van der Waals surface area contributed by atoms with Crippen LogP contribution >= 0.6 is 0 Å². The van der Waals surface area contributed by atoms with E-state index in [1.807, 2.05) is 6.92 Å². The van der Waals surface area contributed by atoms with Gasteiger partial charge in [-0.2, -0.15) is 4.31 Å². The molecule has 0 aromatic heterocycles. The Kier molecular flexibility index (Phi) is 7.76. The van der Waals surface area contributed by atoms with Crippen LogP contribution in [0.4, 0.5) is 0 Å². The van der Waals surface area contributed by atoms with Gasteiger partial charge >= 0.3 is 0 Å². The number of aliphatic hydroxyl groups excluding tert-OH is 1. The van der Waals surface area contributed by atoms with Crippen molar-refractivity contribution in [3.63, 3.8) is 0 Å². The van der Waals surface area contributed by atoms with Gasteiger partial charge in [-0.3, -0.25) is 4.79 Å². The lowest BCUT2D eigenvalue weighted by molar-refractivity contribution is 0.0914. The zero-order valence-corrected chi connectivity index (χ0v) is 19.4. The van der Waals surface area contributed by atoms with Gasteiger partial charge in [-0.05, 0) is 62.2 Å². The largest absolute Gasteiger partial charge is 0.497 e. The number of ether oxygens (including phenoxy) is 2. The maximum atomic E-state index is 12.9. The topological polar surface area (TPSA) is 105 Å². The Labute approximate surface area is 189 Å². The van der Waals surface area contributed by atoms with Crippen molar-refractivity contribution in [1.82, 2.24) is 9.62 Å². The predicted octanol–water partition coefficient (Wildman–Crippen LogP) is 2.73. The van der Waals surface area contributed by atoms with Crippen molar-refractivity contribution in [3.8, 4) is 11.5 Å². The first-order valence-corrected chi connectivity index (χ1v) is 12.0. The maximum absolute atomic E-state index is 12.9. The number of nitrogens with one attached hydrogen (secondary N) is 1. The van der Waals surface area contributed by atoms with Crippen molar-refractivity contribution in [2.75, 3.05) is 27.3 Å². The zero-order valence-electron chi connectivity index (χ0n) is 18.6. The summed E-state index contributed by atoms with van der Waals surface area (Å²) in [4.78, 5) is 12.7. The molecule has 0 saturated carbocycles. The van der Waals surface area contributed by atoms with Crippen molar-refractivity contribution in [1.29, 1.82) is 0 Å². The van der Waals surface area contributed by atoms with Crippen molar-refractivity contribution >= 4 is 15.9 Å². The molecule has 1 fully saturated rings. The minimum Gasteiger partial charge on any atom is -0.497 e. The lowest BCUT2D eigenvalue weighted by Gasteiger charge is -2.32. The number of rotatable bonds is 8. The summed E-state index contributed by atoms with van der Waals surface area (Å²) in [5.41, 5.74) is 0.796. The van der Waals surface area contributed by atoms with E-state index in [1.54, 1.807) is 18.2 Å². The highest BCUT2D eigenvalue weighted by Gasteiger charge is 2.31. The van der Waals surface area contributed by atoms with E-state index in [-0.39, 0.29) is 17.5 Å². The number of carbonyl (C=O) groups excluding carboxylic acids is 1. The van der Waals surface area contributed by atoms with Crippen LogP contribution in [0.15, 0.2) is 47.4 Å². The summed E-state index contributed by atoms with van der Waals surface area (Å²) >= 11 is 0. The number of nitrogens with zero attached hydrogens (tertiary/aromatic N) is 1. The average molecular weight is 463 g/mol. The molecule has 174 valence electrons. The van der Waals surface area contributed by atoms with Crippen LogP contribution in [-0.4, -0.2) is 57.1 Å². The van der Waals surface area contributed by atoms with Crippen molar-refractivity contribution < 1.29 is 27.8 Å². The van der Waals surface area contributed by atoms with E-state index in [1.165, 1.54) is 42.8 Å². The van der Waals surface area contributed by atoms with E-state index in [4.69, 9.17) is 9.47 Å². The highest BCUT2D eigenvalue weighted by molar-refractivity contribution is 7.89. The third-order valence-electron chi connectivity index (χ3n) is 5.72. The first-order chi connectivity index (χ1) is 15.3. The molecule has 1 aliphatic rings. The number of piperidine rings is 1. The van der Waals surface area contributed by atoms with Gasteiger partial charge in [0.05, 0.1) is 19.1 Å². The normalized spacial score (nSPS) is 18.1. The summed E-state index contributed by atoms with van der Waals surface area (Å²) in [6.07, 6.45) is 1.72. The van der Waals surface area contributed by atoms with Gasteiger partial charge in [0.1, 0.15) is 17.6 Å². The highest BCUT2D eigenvalue weighted by atomic mass is 32.2. The molecule has 0 aliphatic carbocycles. The molecule has 2 atom stereocenters. The quantitative estimate of drug-likeness (QED) is 0.625. The molecule has 2 aromatic carbocycles. The third-order valence-corrected chi connectivity index (χ3v) is 7.74. The van der Waals surface area contributed by atoms with E-state index in [2.05, 4.69) is 5.32 Å². The second kappa shape index (κ2) is 10.3. The standard InChI is InChI=1S/C23H30N2O6S/c1-16-6-4-5-13-25(16)32(28,29)19-10-7-17(8-11-19)23(27)24-15-21(26)20-14-18(30-2)9-12-22(20)31-3/h7-12,14,16,21,26H,4-6,13,15H2,1-3H3,(H,24,27). The molecule has 0 bridgehead atoms. The van der Waals surface area contributed by atoms with Crippen molar-refractivity contribution in [2.24, 2.45) is 0 Å². The van der Waals surface area contributed by atoms with E-state index in [0.29, 0.717) is 29.2 Å². The highest BCUT2D eigenvalue weighted by Crippen LogP contribution is 2.29. The molecule has 2 N–H and O–H groups in total. The third kappa shape index (κ3) is 5.23. The van der Waals surface area contributed by atoms with Gasteiger partial charge < -0.3 is 19.9 Å². The van der Waals surface area contributed by atoms with E-state index in [9.17, 15) is 18.3 Å². The smallest absolute Gasteiger partial charge is 0.251 e. The second-order valence-corrected chi connectivity index (χ2v) is 9.71. The minimum absolute atomic E-state index is 0.0354. The molecule has 0 radical (unpaired) electrons. The van der Waals surface area contributed by atoms with Gasteiger partial charge in [0.2, 0.25) is 10.0 Å². The summed E-state index contributed by atoms with van der Waals surface area (Å²) in [6, 6.07) is 10.9. The second-order valence-electron chi connectivity index (χ2n) is 7.82. The Bertz CT molecular complexity index is 1040. The Balaban J connectivity index is 1.66. The molecule has 2 aromatic rings. The first-order valence-electron chi connectivity index (χ1n) is 10.6. The van der Waals surface area contributed by atoms with E-state index < -0.39 is 22.0 Å². The lowest BCUT2D eigenvalue weighted by Crippen LogP contribution is -2.41. The summed E-state index contributed by atoms with van der Waals surface area (Å²) in [5, 5.41) is 13.2. The Morgan fingerprint density at radius 3 is 2.50 bits per heavy atom. The molecule has 3 rings (SSSR count). The minimum atomic E-state index is -3.59. The van der Waals surface area contributed by atoms with Crippen LogP contribution < -0.4 is 14.8 Å². The summed E-state index contributed by atoms with van der Waals surface area (Å²) in [6.45, 7) is 2.38. The molecule has 9 heteroatoms. The van der Waals surface area contributed by atoms with Crippen LogP contribution in [0.3, 0.4) is 0 Å². The molecular formula is C23H30N2O6S. The number of aliphatic hydroxyl groups is 1. The molecule has 32 heavy (non-hydrogen) atoms. The zero-order chi connectivity index (χ0) is 23.3. The number of benzene rings is 2. The van der Waals surface area contributed by atoms with Crippen LogP contribution in [0, 0.1) is 0 Å². The molecule has 2 unspecified atom stereocenters. The maximum Gasteiger partial charge on any atom is 0.251 e. The monoisotopic (exact) mass is 462 g/mol. The fourth-order valence-electron chi connectivity index (χ4n) is 3.84. The van der Waals surface area contributed by atoms with Gasteiger partial charge in [-0.1, -0.05) is 6.42 Å². The number of hydrogen-bond acceptors (Lipinski definition) is 6. The van der Waals surface area contributed by atoms with Crippen molar-refractivity contribution in [2.45, 2.75) is 43.2 Å². The van der Waals surface area contributed by atoms with Gasteiger partial charge in [-0.15, -0.1) is 0 Å². The van der Waals surface area contributed by atoms with Crippen LogP contribution in [0.25, 0.3) is 0 Å². The fraction of sp³-hybridized carbons (Fsp3) is 0.435. The number of hydrogen-bond donors (Lipinski definition) is 2. The van der Waals surface area contributed by atoms with E-state index >= 15 is 0 Å². The summed E-state index contributed by atoms with van der Waals surface area (Å²) in [7, 11) is -0.574. The molecular weight excluding hydrogens is 432 g/mol. The predicted molar refractivity (Wildman–Crippen MR) is 120 cm³/mol. The SMILES string of the molecule is COc1ccc(OC)c(C(O)CNC(=O)c2ccc(S(=O)(=O)N3CCCCC3C)cc2)c1. The summed E-state index contributed by atoms with van der Waals surface area (Å²) < 4.78 is 37.9. The molecule has 1 aliphatic heterocycles. The average Bonchev–Trinajstić information content (AvgIpc) is 2.82. The molecule has 1 saturated heterocycles. The Hall–Kier alpha value is -2.62. The number of carbonyl (C=O) groups is 1. The van der Waals surface area contributed by atoms with Gasteiger partial charge in [-0.25, -0.2) is 8.42 Å². The van der Waals surface area contributed by atoms with Gasteiger partial charge in [0, 0.05) is 30.3 Å². The number of amides is 1. The van der Waals surface area contributed by atoms with Crippen LogP contribution in [0.2, 0.25) is 0 Å². The Morgan fingerprint density at radius 2 is 1.88 bits per heavy atom. The van der Waals surface area contributed by atoms with Gasteiger partial charge in [0.15, 0.2) is 0 Å². The fourth-order valence-corrected chi connectivity index (χ4v) is 5.54. The Morgan fingerprint density at radius 1 is 1.16 bits per heavy atom. The summed E-state index contributed by atoms with van der Waals surface area (Å²) in [5.74, 6) is 0.626. The van der Waals surface area contributed by atoms with Crippen LogP contribution in [-0.2, 0) is 10.0 Å². The van der Waals surface area contributed by atoms with Crippen LogP contribution in [0.1, 0.15) is 48.2 Å². The number of methoxy groups -OCH3 is 2. The number of sulfonamides is 1. The van der Waals surface area contributed by atoms with Gasteiger partial charge in [0.25, 0.3) is 5.91 Å². The molecule has 1 amide bonds. The van der Waals surface area contributed by atoms with Crippen LogP contribution in [0.5, 0.6) is 11.5 Å². The first kappa shape index (κ1) is 24.0. The van der Waals surface area contributed by atoms with Crippen molar-refractivity contribution in [3.05, 3.63) is 53.6 Å². The lowest BCUT2D eigenvalue weighted by atomic mass is 10.1. The molecule has 1 heterocycles.